The Morgan fingerprint density at radius 2 is 1.05 bits per heavy atom. The van der Waals surface area contributed by atoms with E-state index in [0.29, 0.717) is 27.7 Å². The number of methoxy groups -OCH3 is 2. The van der Waals surface area contributed by atoms with Crippen LogP contribution in [0.2, 0.25) is 0 Å². The molecule has 15 nitrogen and oxygen atoms in total. The van der Waals surface area contributed by atoms with Crippen LogP contribution in [0.3, 0.4) is 0 Å². The largest absolute Gasteiger partial charge is 0.506 e. The fourth-order valence-electron chi connectivity index (χ4n) is 7.29. The number of carbonyl (C=O) groups excluding carboxylic acids is 4. The number of imide groups is 2. The third kappa shape index (κ3) is 8.24. The number of hydrogen-bond acceptors (Lipinski definition) is 13. The molecule has 0 saturated heterocycles. The molecule has 1 N–H and O–H groups in total. The van der Waals surface area contributed by atoms with Crippen molar-refractivity contribution in [2.45, 2.75) is 19.7 Å². The standard InChI is InChI=1S/C27H22FN3O5.C20H15FN2O5/c1-34-13-14-35-25-22-21(26(32)31(27(22)33)15-17-7-9-18(28)10-8-17)24(20-6-4-12-30-23(20)25)36-16-19-5-2-3-11-29-19;1-27-10-28-18-15-14(17(24)13-3-2-8-22-16(13)18)19(25)23(20(15)26)9-11-4-6-12(21)7-5-11/h2-12H,13-16H2,1H3;2-8,24H,9-10H2,1H3. The molecule has 0 aliphatic carbocycles. The predicted octanol–water partition coefficient (Wildman–Crippen LogP) is 7.03. The van der Waals surface area contributed by atoms with Gasteiger partial charge in [-0.05, 0) is 71.8 Å². The Labute approximate surface area is 363 Å². The van der Waals surface area contributed by atoms with Crippen LogP contribution < -0.4 is 14.2 Å². The summed E-state index contributed by atoms with van der Waals surface area (Å²) in [5, 5.41) is 11.5. The van der Waals surface area contributed by atoms with Crippen LogP contribution in [0, 0.1) is 11.6 Å². The van der Waals surface area contributed by atoms with E-state index < -0.39 is 35.3 Å². The summed E-state index contributed by atoms with van der Waals surface area (Å²) >= 11 is 0. The molecule has 0 atom stereocenters. The van der Waals surface area contributed by atoms with Crippen molar-refractivity contribution in [3.63, 3.8) is 0 Å². The lowest BCUT2D eigenvalue weighted by Crippen LogP contribution is -2.29. The van der Waals surface area contributed by atoms with Crippen molar-refractivity contribution < 1.29 is 56.7 Å². The van der Waals surface area contributed by atoms with Gasteiger partial charge in [0.25, 0.3) is 23.6 Å². The zero-order valence-corrected chi connectivity index (χ0v) is 34.2. The molecule has 4 aromatic carbocycles. The molecule has 3 aromatic heterocycles. The van der Waals surface area contributed by atoms with E-state index in [2.05, 4.69) is 15.0 Å². The highest BCUT2D eigenvalue weighted by Gasteiger charge is 2.44. The van der Waals surface area contributed by atoms with Crippen molar-refractivity contribution in [3.8, 4) is 23.0 Å². The quantitative estimate of drug-likeness (QED) is 0.0670. The SMILES string of the molecule is COCCOc1c2c(c(OCc3ccccn3)c3cccnc13)C(=O)N(Cc1ccc(F)cc1)C2=O.COCOc1c2c(c(O)c3cccnc13)C(=O)N(Cc1ccc(F)cc1)C2=O. The van der Waals surface area contributed by atoms with Gasteiger partial charge in [-0.25, -0.2) is 8.78 Å². The van der Waals surface area contributed by atoms with Crippen LogP contribution in [-0.4, -0.2) is 87.7 Å². The second-order valence-corrected chi connectivity index (χ2v) is 14.3. The maximum absolute atomic E-state index is 13.7. The van der Waals surface area contributed by atoms with Gasteiger partial charge in [0.15, 0.2) is 18.3 Å². The van der Waals surface area contributed by atoms with E-state index in [9.17, 15) is 33.1 Å². The number of pyridine rings is 3. The molecule has 0 spiro atoms. The molecule has 0 fully saturated rings. The zero-order chi connectivity index (χ0) is 44.9. The van der Waals surface area contributed by atoms with E-state index in [0.717, 1.165) is 9.80 Å². The van der Waals surface area contributed by atoms with Gasteiger partial charge in [-0.2, -0.15) is 0 Å². The van der Waals surface area contributed by atoms with Gasteiger partial charge in [-0.3, -0.25) is 43.9 Å². The molecule has 0 bridgehead atoms. The molecule has 17 heteroatoms. The molecule has 4 amide bonds. The lowest BCUT2D eigenvalue weighted by molar-refractivity contribution is 0.0504. The number of fused-ring (bicyclic) bond motifs is 4. The number of aromatic nitrogens is 3. The minimum atomic E-state index is -0.658. The van der Waals surface area contributed by atoms with Gasteiger partial charge in [0.2, 0.25) is 0 Å². The second kappa shape index (κ2) is 18.6. The molecule has 2 aliphatic heterocycles. The van der Waals surface area contributed by atoms with E-state index >= 15 is 0 Å². The first-order valence-corrected chi connectivity index (χ1v) is 19.7. The Balaban J connectivity index is 0.000000181. The molecule has 0 radical (unpaired) electrons. The minimum absolute atomic E-state index is 0.0341. The van der Waals surface area contributed by atoms with Crippen LogP contribution in [0.4, 0.5) is 8.78 Å². The molecular weight excluding hydrogens is 833 g/mol. The van der Waals surface area contributed by atoms with Gasteiger partial charge in [-0.15, -0.1) is 0 Å². The average molecular weight is 870 g/mol. The number of ether oxygens (including phenoxy) is 5. The normalized spacial score (nSPS) is 13.0. The lowest BCUT2D eigenvalue weighted by atomic mass is 10.0. The van der Waals surface area contributed by atoms with E-state index in [1.807, 2.05) is 6.07 Å². The zero-order valence-electron chi connectivity index (χ0n) is 34.2. The smallest absolute Gasteiger partial charge is 0.265 e. The van der Waals surface area contributed by atoms with E-state index in [-0.39, 0.29) is 95.9 Å². The topological polar surface area (TPSA) is 180 Å². The molecule has 64 heavy (non-hydrogen) atoms. The van der Waals surface area contributed by atoms with Crippen molar-refractivity contribution >= 4 is 45.4 Å². The maximum Gasteiger partial charge on any atom is 0.265 e. The number of carbonyl (C=O) groups is 4. The number of aromatic hydroxyl groups is 1. The average Bonchev–Trinajstić information content (AvgIpc) is 3.71. The van der Waals surface area contributed by atoms with Gasteiger partial charge in [0, 0.05) is 43.6 Å². The molecule has 324 valence electrons. The summed E-state index contributed by atoms with van der Waals surface area (Å²) < 4.78 is 54.2. The third-order valence-corrected chi connectivity index (χ3v) is 10.3. The maximum atomic E-state index is 13.7. The number of amides is 4. The van der Waals surface area contributed by atoms with Crippen LogP contribution in [0.15, 0.2) is 110 Å². The molecule has 2 aliphatic rings. The van der Waals surface area contributed by atoms with Gasteiger partial charge < -0.3 is 28.8 Å². The van der Waals surface area contributed by atoms with Gasteiger partial charge in [-0.1, -0.05) is 30.3 Å². The Morgan fingerprint density at radius 3 is 1.61 bits per heavy atom. The number of phenols is 1. The third-order valence-electron chi connectivity index (χ3n) is 10.3. The molecule has 0 saturated carbocycles. The Kier molecular flexibility index (Phi) is 12.4. The Morgan fingerprint density at radius 1 is 0.531 bits per heavy atom. The van der Waals surface area contributed by atoms with Crippen LogP contribution in [-0.2, 0) is 29.2 Å². The first kappa shape index (κ1) is 42.8. The van der Waals surface area contributed by atoms with Crippen LogP contribution >= 0.6 is 0 Å². The van der Waals surface area contributed by atoms with Crippen LogP contribution in [0.1, 0.15) is 58.3 Å². The molecule has 0 unspecified atom stereocenters. The van der Waals surface area contributed by atoms with Crippen LogP contribution in [0.5, 0.6) is 23.0 Å². The van der Waals surface area contributed by atoms with Gasteiger partial charge in [0.1, 0.15) is 58.5 Å². The van der Waals surface area contributed by atoms with Gasteiger partial charge >= 0.3 is 0 Å². The highest BCUT2D eigenvalue weighted by atomic mass is 19.1. The summed E-state index contributed by atoms with van der Waals surface area (Å²) in [6, 6.07) is 23.2. The summed E-state index contributed by atoms with van der Waals surface area (Å²) in [6.45, 7) is 0.251. The fourth-order valence-corrected chi connectivity index (χ4v) is 7.29. The highest BCUT2D eigenvalue weighted by molar-refractivity contribution is 6.28. The van der Waals surface area contributed by atoms with Crippen molar-refractivity contribution in [2.75, 3.05) is 34.2 Å². The van der Waals surface area contributed by atoms with Crippen LogP contribution in [0.25, 0.3) is 21.8 Å². The monoisotopic (exact) mass is 869 g/mol. The number of nitrogens with zero attached hydrogens (tertiary/aromatic N) is 5. The number of rotatable bonds is 14. The molecule has 9 rings (SSSR count). The Hall–Kier alpha value is -7.89. The first-order chi connectivity index (χ1) is 31.1. The lowest BCUT2D eigenvalue weighted by Gasteiger charge is -2.16. The minimum Gasteiger partial charge on any atom is -0.506 e. The number of halogens is 2. The summed E-state index contributed by atoms with van der Waals surface area (Å²) in [5.74, 6) is -3.00. The molecule has 7 aromatic rings. The van der Waals surface area contributed by atoms with Crippen molar-refractivity contribution in [1.82, 2.24) is 24.8 Å². The summed E-state index contributed by atoms with van der Waals surface area (Å²) in [5.41, 5.74) is 2.46. The van der Waals surface area contributed by atoms with Crippen molar-refractivity contribution in [2.24, 2.45) is 0 Å². The van der Waals surface area contributed by atoms with Gasteiger partial charge in [0.05, 0.1) is 36.5 Å². The summed E-state index contributed by atoms with van der Waals surface area (Å²) in [6.07, 6.45) is 4.72. The predicted molar refractivity (Wildman–Crippen MR) is 225 cm³/mol. The van der Waals surface area contributed by atoms with Crippen molar-refractivity contribution in [3.05, 3.63) is 160 Å². The summed E-state index contributed by atoms with van der Waals surface area (Å²) in [7, 11) is 2.96. The molecule has 5 heterocycles. The second-order valence-electron chi connectivity index (χ2n) is 14.3. The van der Waals surface area contributed by atoms with E-state index in [1.165, 1.54) is 68.9 Å². The van der Waals surface area contributed by atoms with E-state index in [4.69, 9.17) is 23.7 Å². The number of benzene rings is 4. The first-order valence-electron chi connectivity index (χ1n) is 19.7. The fraction of sp³-hybridized carbons (Fsp3) is 0.170. The number of phenolic OH excluding ortho intramolecular Hbond substituents is 1. The number of hydrogen-bond donors (Lipinski definition) is 1. The highest BCUT2D eigenvalue weighted by Crippen LogP contribution is 2.46. The van der Waals surface area contributed by atoms with E-state index in [1.54, 1.807) is 48.8 Å². The van der Waals surface area contributed by atoms with Crippen molar-refractivity contribution in [1.29, 1.82) is 0 Å². The molecular formula is C47H37F2N5O10. The summed E-state index contributed by atoms with van der Waals surface area (Å²) in [4.78, 5) is 68.3. The Bertz CT molecular complexity index is 2920.